The third kappa shape index (κ3) is 3.15. The summed E-state index contributed by atoms with van der Waals surface area (Å²) in [6.45, 7) is 0. The van der Waals surface area contributed by atoms with Gasteiger partial charge in [-0.25, -0.2) is 0 Å². The first-order valence-electron chi connectivity index (χ1n) is 3.78. The zero-order valence-corrected chi connectivity index (χ0v) is 9.23. The first-order chi connectivity index (χ1) is 5.36. The molecule has 3 heteroatoms. The van der Waals surface area contributed by atoms with Crippen molar-refractivity contribution in [2.75, 3.05) is 0 Å². The van der Waals surface area contributed by atoms with Crippen LogP contribution in [0.4, 0.5) is 0 Å². The van der Waals surface area contributed by atoms with E-state index in [4.69, 9.17) is 0 Å². The number of hydrogen-bond donors (Lipinski definition) is 0. The van der Waals surface area contributed by atoms with Crippen molar-refractivity contribution in [3.8, 4) is 0 Å². The molecule has 1 atom stereocenters. The molecule has 0 bridgehead atoms. The van der Waals surface area contributed by atoms with Crippen LogP contribution in [0.15, 0.2) is 11.0 Å². The third-order valence-electron chi connectivity index (χ3n) is 2.01. The summed E-state index contributed by atoms with van der Waals surface area (Å²) < 4.78 is 0. The van der Waals surface area contributed by atoms with E-state index in [-0.39, 0.29) is 0 Å². The minimum absolute atomic E-state index is 0.625. The Balaban J connectivity index is 2.34. The molecule has 0 radical (unpaired) electrons. The summed E-state index contributed by atoms with van der Waals surface area (Å²) >= 11 is 2.31. The van der Waals surface area contributed by atoms with Gasteiger partial charge in [-0.1, -0.05) is 15.0 Å². The van der Waals surface area contributed by atoms with E-state index in [1.54, 1.807) is 0 Å². The molecule has 0 saturated carbocycles. The molecular formula is C8H11IOS. The van der Waals surface area contributed by atoms with Crippen molar-refractivity contribution in [2.45, 2.75) is 25.7 Å². The van der Waals surface area contributed by atoms with Crippen molar-refractivity contribution in [1.82, 2.24) is 0 Å². The molecule has 1 rings (SSSR count). The van der Waals surface area contributed by atoms with Crippen molar-refractivity contribution in [2.24, 2.45) is 5.92 Å². The average Bonchev–Trinajstić information content (AvgIpc) is 2.07. The van der Waals surface area contributed by atoms with Gasteiger partial charge < -0.3 is 4.79 Å². The molecule has 0 N–H and O–H groups in total. The van der Waals surface area contributed by atoms with Gasteiger partial charge in [-0.2, -0.15) is 0 Å². The van der Waals surface area contributed by atoms with Gasteiger partial charge >= 0.3 is 0 Å². The predicted octanol–water partition coefficient (Wildman–Crippen LogP) is 3.34. The van der Waals surface area contributed by atoms with Gasteiger partial charge in [0.2, 0.25) is 0 Å². The summed E-state index contributed by atoms with van der Waals surface area (Å²) in [6, 6.07) is 0. The summed E-state index contributed by atoms with van der Waals surface area (Å²) in [5.74, 6) is 0.625. The maximum atomic E-state index is 10.2. The van der Waals surface area contributed by atoms with Crippen LogP contribution in [0.3, 0.4) is 0 Å². The van der Waals surface area contributed by atoms with Crippen LogP contribution in [0.1, 0.15) is 25.7 Å². The lowest BCUT2D eigenvalue weighted by atomic mass is 9.92. The summed E-state index contributed by atoms with van der Waals surface area (Å²) in [4.78, 5) is 11.7. The van der Waals surface area contributed by atoms with Gasteiger partial charge in [0.1, 0.15) is 6.29 Å². The Morgan fingerprint density at radius 2 is 2.64 bits per heavy atom. The third-order valence-corrected chi connectivity index (χ3v) is 4.27. The van der Waals surface area contributed by atoms with Crippen LogP contribution in [-0.2, 0) is 4.79 Å². The molecule has 0 aliphatic heterocycles. The lowest BCUT2D eigenvalue weighted by Crippen LogP contribution is -2.04. The van der Waals surface area contributed by atoms with Crippen LogP contribution in [0.5, 0.6) is 0 Å². The Kier molecular flexibility index (Phi) is 4.52. The SMILES string of the molecule is O=CCC1CC=C(SI)CC1. The van der Waals surface area contributed by atoms with E-state index in [1.165, 1.54) is 17.7 Å². The van der Waals surface area contributed by atoms with Crippen molar-refractivity contribution < 1.29 is 4.79 Å². The molecule has 0 spiro atoms. The average molecular weight is 282 g/mol. The summed E-state index contributed by atoms with van der Waals surface area (Å²) in [7, 11) is 1.81. The predicted molar refractivity (Wildman–Crippen MR) is 57.7 cm³/mol. The van der Waals surface area contributed by atoms with Gasteiger partial charge in [0.25, 0.3) is 0 Å². The zero-order valence-electron chi connectivity index (χ0n) is 6.25. The smallest absolute Gasteiger partial charge is 0.120 e. The molecule has 11 heavy (non-hydrogen) atoms. The van der Waals surface area contributed by atoms with Gasteiger partial charge in [0.15, 0.2) is 0 Å². The number of allylic oxidation sites excluding steroid dienone is 2. The fourth-order valence-electron chi connectivity index (χ4n) is 1.28. The molecule has 0 saturated heterocycles. The minimum Gasteiger partial charge on any atom is -0.303 e. The zero-order chi connectivity index (χ0) is 8.10. The van der Waals surface area contributed by atoms with Crippen molar-refractivity contribution in [3.63, 3.8) is 0 Å². The Bertz CT molecular complexity index is 167. The number of carbonyl (C=O) groups is 1. The number of rotatable bonds is 3. The number of aldehydes is 1. The van der Waals surface area contributed by atoms with E-state index in [1.807, 2.05) is 8.93 Å². The first-order valence-corrected chi connectivity index (χ1v) is 7.14. The summed E-state index contributed by atoms with van der Waals surface area (Å²) in [6.07, 6.45) is 7.53. The van der Waals surface area contributed by atoms with Crippen LogP contribution in [-0.4, -0.2) is 6.29 Å². The van der Waals surface area contributed by atoms with Crippen LogP contribution in [0.25, 0.3) is 0 Å². The summed E-state index contributed by atoms with van der Waals surface area (Å²) in [5.41, 5.74) is 0. The fourth-order valence-corrected chi connectivity index (χ4v) is 2.84. The highest BCUT2D eigenvalue weighted by molar-refractivity contribution is 14.2. The Hall–Kier alpha value is 0.490. The van der Waals surface area contributed by atoms with E-state index in [9.17, 15) is 4.79 Å². The second-order valence-corrected chi connectivity index (χ2v) is 4.79. The molecule has 0 fully saturated rings. The lowest BCUT2D eigenvalue weighted by molar-refractivity contribution is -0.108. The van der Waals surface area contributed by atoms with E-state index in [0.717, 1.165) is 19.1 Å². The molecular weight excluding hydrogens is 271 g/mol. The van der Waals surface area contributed by atoms with Gasteiger partial charge in [0, 0.05) is 27.6 Å². The highest BCUT2D eigenvalue weighted by atomic mass is 127. The van der Waals surface area contributed by atoms with Gasteiger partial charge in [-0.05, 0) is 30.1 Å². The number of hydrogen-bond acceptors (Lipinski definition) is 2. The monoisotopic (exact) mass is 282 g/mol. The highest BCUT2D eigenvalue weighted by Crippen LogP contribution is 2.34. The van der Waals surface area contributed by atoms with Gasteiger partial charge in [-0.15, -0.1) is 0 Å². The molecule has 62 valence electrons. The van der Waals surface area contributed by atoms with Crippen LogP contribution >= 0.6 is 30.1 Å². The van der Waals surface area contributed by atoms with E-state index >= 15 is 0 Å². The first kappa shape index (κ1) is 9.58. The van der Waals surface area contributed by atoms with E-state index in [0.29, 0.717) is 5.92 Å². The lowest BCUT2D eigenvalue weighted by Gasteiger charge is -2.17. The van der Waals surface area contributed by atoms with E-state index in [2.05, 4.69) is 27.3 Å². The standard InChI is InChI=1S/C8H11IOS/c9-11-8-3-1-7(2-4-8)5-6-10/h3,6-7H,1-2,4-5H2. The molecule has 0 aromatic heterocycles. The summed E-state index contributed by atoms with van der Waals surface area (Å²) in [5, 5.41) is 0. The molecule has 1 unspecified atom stereocenters. The fraction of sp³-hybridized carbons (Fsp3) is 0.625. The van der Waals surface area contributed by atoms with Gasteiger partial charge in [-0.3, -0.25) is 0 Å². The number of halogens is 1. The topological polar surface area (TPSA) is 17.1 Å². The Labute approximate surface area is 83.6 Å². The van der Waals surface area contributed by atoms with Crippen molar-refractivity contribution in [3.05, 3.63) is 11.0 Å². The second-order valence-electron chi connectivity index (χ2n) is 2.79. The number of carbonyl (C=O) groups excluding carboxylic acids is 1. The largest absolute Gasteiger partial charge is 0.303 e. The van der Waals surface area contributed by atoms with Crippen molar-refractivity contribution >= 4 is 36.4 Å². The second kappa shape index (κ2) is 5.19. The Morgan fingerprint density at radius 1 is 1.82 bits per heavy atom. The minimum atomic E-state index is 0.625. The quantitative estimate of drug-likeness (QED) is 0.583. The van der Waals surface area contributed by atoms with Crippen LogP contribution < -0.4 is 0 Å². The molecule has 1 nitrogen and oxygen atoms in total. The van der Waals surface area contributed by atoms with E-state index < -0.39 is 0 Å². The van der Waals surface area contributed by atoms with Crippen molar-refractivity contribution in [1.29, 1.82) is 0 Å². The van der Waals surface area contributed by atoms with Crippen LogP contribution in [0.2, 0.25) is 0 Å². The molecule has 0 aromatic carbocycles. The maximum Gasteiger partial charge on any atom is 0.120 e. The van der Waals surface area contributed by atoms with Crippen LogP contribution in [0, 0.1) is 5.92 Å². The molecule has 1 aliphatic carbocycles. The molecule has 0 heterocycles. The highest BCUT2D eigenvalue weighted by Gasteiger charge is 2.13. The Morgan fingerprint density at radius 3 is 3.09 bits per heavy atom. The normalized spacial score (nSPS) is 24.5. The maximum absolute atomic E-state index is 10.2. The molecule has 1 aliphatic rings. The molecule has 0 aromatic rings. The van der Waals surface area contributed by atoms with Gasteiger partial charge in [0.05, 0.1) is 0 Å². The molecule has 0 amide bonds.